The third-order valence-corrected chi connectivity index (χ3v) is 3.97. The molecule has 1 atom stereocenters. The van der Waals surface area contributed by atoms with Crippen molar-refractivity contribution in [1.82, 2.24) is 10.6 Å². The molecule has 110 valence electrons. The van der Waals surface area contributed by atoms with Crippen LogP contribution in [-0.4, -0.2) is 30.4 Å². The number of nitrogens with one attached hydrogen (secondary N) is 2. The largest absolute Gasteiger partial charge is 0.370 e. The van der Waals surface area contributed by atoms with Gasteiger partial charge in [0, 0.05) is 17.4 Å². The number of hydrogen-bond donors (Lipinski definition) is 3. The third-order valence-electron chi connectivity index (χ3n) is 3.97. The van der Waals surface area contributed by atoms with Crippen molar-refractivity contribution in [3.05, 3.63) is 0 Å². The molecule has 0 saturated carbocycles. The lowest BCUT2D eigenvalue weighted by atomic mass is 9.74. The van der Waals surface area contributed by atoms with Crippen molar-refractivity contribution in [1.29, 1.82) is 0 Å². The van der Waals surface area contributed by atoms with E-state index in [0.29, 0.717) is 5.92 Å². The molecule has 0 spiro atoms. The van der Waals surface area contributed by atoms with Crippen LogP contribution >= 0.6 is 0 Å². The van der Waals surface area contributed by atoms with Gasteiger partial charge in [-0.05, 0) is 45.7 Å². The van der Waals surface area contributed by atoms with E-state index in [9.17, 15) is 9.59 Å². The number of piperidine rings is 1. The maximum atomic E-state index is 12.5. The van der Waals surface area contributed by atoms with E-state index in [1.807, 2.05) is 27.7 Å². The highest BCUT2D eigenvalue weighted by molar-refractivity contribution is 5.84. The second-order valence-corrected chi connectivity index (χ2v) is 6.75. The Labute approximate surface area is 115 Å². The molecule has 1 saturated heterocycles. The molecule has 1 aliphatic heterocycles. The zero-order chi connectivity index (χ0) is 14.7. The molecule has 0 aromatic carbocycles. The number of carbonyl (C=O) groups excluding carboxylic acids is 2. The zero-order valence-corrected chi connectivity index (χ0v) is 12.5. The maximum absolute atomic E-state index is 12.5. The fourth-order valence-electron chi connectivity index (χ4n) is 2.60. The predicted octanol–water partition coefficient (Wildman–Crippen LogP) is 0.782. The van der Waals surface area contributed by atoms with Crippen LogP contribution in [0.4, 0.5) is 0 Å². The van der Waals surface area contributed by atoms with Crippen molar-refractivity contribution >= 4 is 11.8 Å². The fourth-order valence-corrected chi connectivity index (χ4v) is 2.60. The Kier molecular flexibility index (Phi) is 4.96. The minimum absolute atomic E-state index is 0.00699. The van der Waals surface area contributed by atoms with Gasteiger partial charge in [-0.25, -0.2) is 0 Å². The number of hydrogen-bond acceptors (Lipinski definition) is 3. The molecule has 4 N–H and O–H groups in total. The minimum atomic E-state index is -0.595. The average Bonchev–Trinajstić information content (AvgIpc) is 2.27. The zero-order valence-electron chi connectivity index (χ0n) is 12.5. The molecule has 5 nitrogen and oxygen atoms in total. The van der Waals surface area contributed by atoms with E-state index in [1.165, 1.54) is 0 Å². The van der Waals surface area contributed by atoms with Crippen LogP contribution in [0.3, 0.4) is 0 Å². The molecule has 0 bridgehead atoms. The Hall–Kier alpha value is -1.10. The molecular weight excluding hydrogens is 242 g/mol. The minimum Gasteiger partial charge on any atom is -0.370 e. The smallest absolute Gasteiger partial charge is 0.226 e. The van der Waals surface area contributed by atoms with Crippen molar-refractivity contribution in [3.63, 3.8) is 0 Å². The maximum Gasteiger partial charge on any atom is 0.226 e. The summed E-state index contributed by atoms with van der Waals surface area (Å²) in [6, 6.07) is 0. The van der Waals surface area contributed by atoms with Gasteiger partial charge in [-0.3, -0.25) is 9.59 Å². The quantitative estimate of drug-likeness (QED) is 0.689. The van der Waals surface area contributed by atoms with E-state index in [0.717, 1.165) is 25.9 Å². The van der Waals surface area contributed by atoms with Crippen LogP contribution in [0.5, 0.6) is 0 Å². The number of amides is 2. The van der Waals surface area contributed by atoms with Gasteiger partial charge in [0.15, 0.2) is 0 Å². The Balaban J connectivity index is 2.67. The molecular formula is C14H27N3O2. The SMILES string of the molecule is CC(C)(CC(N)=O)NC(=O)C(C)(C)C1CCCNC1. The van der Waals surface area contributed by atoms with Gasteiger partial charge in [-0.15, -0.1) is 0 Å². The topological polar surface area (TPSA) is 84.2 Å². The first-order valence-corrected chi connectivity index (χ1v) is 6.97. The third kappa shape index (κ3) is 4.49. The summed E-state index contributed by atoms with van der Waals surface area (Å²) < 4.78 is 0. The molecule has 1 unspecified atom stereocenters. The summed E-state index contributed by atoms with van der Waals surface area (Å²) in [5, 5.41) is 6.29. The summed E-state index contributed by atoms with van der Waals surface area (Å²) in [7, 11) is 0. The van der Waals surface area contributed by atoms with Crippen molar-refractivity contribution in [2.24, 2.45) is 17.1 Å². The Morgan fingerprint density at radius 1 is 1.32 bits per heavy atom. The van der Waals surface area contributed by atoms with Gasteiger partial charge in [0.2, 0.25) is 11.8 Å². The summed E-state index contributed by atoms with van der Waals surface area (Å²) in [6.45, 7) is 9.49. The first kappa shape index (κ1) is 16.0. The Bertz CT molecular complexity index is 345. The molecule has 1 rings (SSSR count). The highest BCUT2D eigenvalue weighted by Crippen LogP contribution is 2.32. The van der Waals surface area contributed by atoms with Gasteiger partial charge >= 0.3 is 0 Å². The molecule has 5 heteroatoms. The first-order chi connectivity index (χ1) is 8.65. The molecule has 0 aromatic heterocycles. The normalized spacial score (nSPS) is 20.9. The molecule has 0 aliphatic carbocycles. The molecule has 2 amide bonds. The van der Waals surface area contributed by atoms with Gasteiger partial charge in [0.25, 0.3) is 0 Å². The van der Waals surface area contributed by atoms with E-state index >= 15 is 0 Å². The molecule has 0 radical (unpaired) electrons. The van der Waals surface area contributed by atoms with Crippen LogP contribution in [0.15, 0.2) is 0 Å². The van der Waals surface area contributed by atoms with Crippen molar-refractivity contribution in [2.45, 2.75) is 52.5 Å². The molecule has 1 aliphatic rings. The summed E-state index contributed by atoms with van der Waals surface area (Å²) in [5.74, 6) is -0.0829. The lowest BCUT2D eigenvalue weighted by Gasteiger charge is -2.38. The van der Waals surface area contributed by atoms with Crippen LogP contribution in [0.1, 0.15) is 47.0 Å². The monoisotopic (exact) mass is 269 g/mol. The van der Waals surface area contributed by atoms with E-state index < -0.39 is 16.9 Å². The van der Waals surface area contributed by atoms with E-state index in [1.54, 1.807) is 0 Å². The van der Waals surface area contributed by atoms with Gasteiger partial charge in [-0.2, -0.15) is 0 Å². The highest BCUT2D eigenvalue weighted by Gasteiger charge is 2.39. The Morgan fingerprint density at radius 3 is 2.42 bits per heavy atom. The van der Waals surface area contributed by atoms with Crippen LogP contribution in [0, 0.1) is 11.3 Å². The summed E-state index contributed by atoms with van der Waals surface area (Å²) in [5.41, 5.74) is 4.17. The number of nitrogens with two attached hydrogens (primary N) is 1. The standard InChI is InChI=1S/C14H27N3O2/c1-13(2,8-11(15)18)17-12(19)14(3,4)10-6-5-7-16-9-10/h10,16H,5-9H2,1-4H3,(H2,15,18)(H,17,19). The van der Waals surface area contributed by atoms with Crippen LogP contribution < -0.4 is 16.4 Å². The Morgan fingerprint density at radius 2 is 1.95 bits per heavy atom. The van der Waals surface area contributed by atoms with Gasteiger partial charge in [0.05, 0.1) is 0 Å². The van der Waals surface area contributed by atoms with E-state index in [4.69, 9.17) is 5.73 Å². The molecule has 19 heavy (non-hydrogen) atoms. The van der Waals surface area contributed by atoms with Gasteiger partial charge in [-0.1, -0.05) is 13.8 Å². The number of primary amides is 1. The van der Waals surface area contributed by atoms with Crippen LogP contribution in [0.25, 0.3) is 0 Å². The molecule has 0 aromatic rings. The first-order valence-electron chi connectivity index (χ1n) is 6.97. The summed E-state index contributed by atoms with van der Waals surface area (Å²) in [4.78, 5) is 23.5. The van der Waals surface area contributed by atoms with E-state index in [2.05, 4.69) is 10.6 Å². The average molecular weight is 269 g/mol. The predicted molar refractivity (Wildman–Crippen MR) is 75.4 cm³/mol. The van der Waals surface area contributed by atoms with Crippen molar-refractivity contribution < 1.29 is 9.59 Å². The van der Waals surface area contributed by atoms with Gasteiger partial charge < -0.3 is 16.4 Å². The second kappa shape index (κ2) is 5.90. The molecule has 1 heterocycles. The fraction of sp³-hybridized carbons (Fsp3) is 0.857. The second-order valence-electron chi connectivity index (χ2n) is 6.75. The number of rotatable bonds is 5. The van der Waals surface area contributed by atoms with Crippen LogP contribution in [0.2, 0.25) is 0 Å². The lowest BCUT2D eigenvalue weighted by Crippen LogP contribution is -2.54. The van der Waals surface area contributed by atoms with Gasteiger partial charge in [0.1, 0.15) is 0 Å². The van der Waals surface area contributed by atoms with Crippen LogP contribution in [-0.2, 0) is 9.59 Å². The number of carbonyl (C=O) groups is 2. The van der Waals surface area contributed by atoms with Crippen molar-refractivity contribution in [3.8, 4) is 0 Å². The molecule has 1 fully saturated rings. The lowest BCUT2D eigenvalue weighted by molar-refractivity contribution is -0.134. The summed E-state index contributed by atoms with van der Waals surface area (Å²) >= 11 is 0. The summed E-state index contributed by atoms with van der Waals surface area (Å²) in [6.07, 6.45) is 2.31. The highest BCUT2D eigenvalue weighted by atomic mass is 16.2. The van der Waals surface area contributed by atoms with E-state index in [-0.39, 0.29) is 12.3 Å². The van der Waals surface area contributed by atoms with Crippen molar-refractivity contribution in [2.75, 3.05) is 13.1 Å².